The molecule has 0 aliphatic heterocycles. The Hall–Kier alpha value is 1.64. The lowest BCUT2D eigenvalue weighted by atomic mass is 10.9. The van der Waals surface area contributed by atoms with Crippen LogP contribution in [0.3, 0.4) is 0 Å². The molecule has 0 aromatic heterocycles. The third-order valence-corrected chi connectivity index (χ3v) is 2.78. The second kappa shape index (κ2) is 6.64. The largest absolute Gasteiger partial charge is 0.216 e. The van der Waals surface area contributed by atoms with Gasteiger partial charge in [-0.2, -0.15) is 0 Å². The predicted octanol–water partition coefficient (Wildman–Crippen LogP) is -0.342. The number of hydrogen-bond acceptors (Lipinski definition) is 0. The van der Waals surface area contributed by atoms with Crippen LogP contribution in [0.4, 0.5) is 0 Å². The minimum Gasteiger partial charge on any atom is -0.107 e. The molecular formula is C2H8Al2Cl2. The van der Waals surface area contributed by atoms with Gasteiger partial charge in [-0.05, 0) is 0 Å². The quantitative estimate of drug-likeness (QED) is 0.360. The van der Waals surface area contributed by atoms with Crippen molar-refractivity contribution in [1.29, 1.82) is 0 Å². The van der Waals surface area contributed by atoms with E-state index in [0.717, 1.165) is 21.6 Å². The molecule has 0 aromatic carbocycles. The van der Waals surface area contributed by atoms with Gasteiger partial charge >= 0.3 is 0 Å². The summed E-state index contributed by atoms with van der Waals surface area (Å²) in [7, 11) is 0. The van der Waals surface area contributed by atoms with Gasteiger partial charge < -0.3 is 0 Å². The first-order chi connectivity index (χ1) is 2.27. The van der Waals surface area contributed by atoms with Gasteiger partial charge in [0.1, 0.15) is 0 Å². The topological polar surface area (TPSA) is 0 Å². The fourth-order valence-corrected chi connectivity index (χ4v) is 0. The van der Waals surface area contributed by atoms with Gasteiger partial charge in [0.05, 0.1) is 4.84 Å². The smallest absolute Gasteiger partial charge is 0.107 e. The summed E-state index contributed by atoms with van der Waals surface area (Å²) in [5, 5.41) is 0.975. The Morgan fingerprint density at radius 3 is 1.67 bits per heavy atom. The minimum atomic E-state index is -0.110. The summed E-state index contributed by atoms with van der Waals surface area (Å²) in [6.45, 7) is 0. The van der Waals surface area contributed by atoms with E-state index in [4.69, 9.17) is 23.2 Å². The van der Waals surface area contributed by atoms with E-state index < -0.39 is 0 Å². The molecule has 4 heteroatoms. The Morgan fingerprint density at radius 1 is 1.50 bits per heavy atom. The van der Waals surface area contributed by atoms with Crippen molar-refractivity contribution in [2.45, 2.75) is 10.1 Å². The van der Waals surface area contributed by atoms with E-state index in [-0.39, 0.29) is 22.2 Å². The Balaban J connectivity index is 0. The van der Waals surface area contributed by atoms with Crippen molar-refractivity contribution in [1.82, 2.24) is 0 Å². The summed E-state index contributed by atoms with van der Waals surface area (Å²) < 4.78 is 0. The Labute approximate surface area is 66.7 Å². The van der Waals surface area contributed by atoms with Crippen molar-refractivity contribution in [2.75, 3.05) is 0 Å². The van der Waals surface area contributed by atoms with E-state index in [2.05, 4.69) is 0 Å². The van der Waals surface area contributed by atoms with Crippen LogP contribution in [-0.2, 0) is 0 Å². The lowest BCUT2D eigenvalue weighted by Crippen LogP contribution is -1.79. The van der Waals surface area contributed by atoms with E-state index in [0.29, 0.717) is 0 Å². The first-order valence-electron chi connectivity index (χ1n) is 1.55. The van der Waals surface area contributed by atoms with Crippen molar-refractivity contribution in [3.63, 3.8) is 0 Å². The Morgan fingerprint density at radius 2 is 1.67 bits per heavy atom. The molecule has 0 heterocycles. The molecule has 0 aliphatic carbocycles. The van der Waals surface area contributed by atoms with E-state index in [1.807, 2.05) is 0 Å². The normalized spacial score (nSPS) is 7.83. The van der Waals surface area contributed by atoms with E-state index in [1.165, 1.54) is 0 Å². The zero-order valence-corrected chi connectivity index (χ0v) is 6.55. The van der Waals surface area contributed by atoms with Crippen LogP contribution in [0.1, 0.15) is 0 Å². The van der Waals surface area contributed by atoms with Crippen LogP contribution in [-0.4, -0.2) is 38.5 Å². The molecule has 6 heavy (non-hydrogen) atoms. The maximum Gasteiger partial charge on any atom is 0.216 e. The fourth-order valence-electron chi connectivity index (χ4n) is 0. The maximum atomic E-state index is 5.26. The molecule has 0 unspecified atom stereocenters. The van der Waals surface area contributed by atoms with E-state index >= 15 is 0 Å². The molecule has 36 valence electrons. The zero-order valence-electron chi connectivity index (χ0n) is 3.04. The standard InChI is InChI=1S/C2H3Cl2.2Al.5H/c1-2(3)4;;;;;;;/h2H,1H2;;;;;;;. The first-order valence-corrected chi connectivity index (χ1v) is 3.84. The van der Waals surface area contributed by atoms with Crippen LogP contribution in [0, 0.1) is 0 Å². The molecule has 0 saturated carbocycles. The molecule has 0 atom stereocenters. The summed E-state index contributed by atoms with van der Waals surface area (Å²) in [6.07, 6.45) is 0. The van der Waals surface area contributed by atoms with Crippen molar-refractivity contribution in [2.24, 2.45) is 0 Å². The molecule has 0 aromatic rings. The van der Waals surface area contributed by atoms with Crippen LogP contribution in [0.2, 0.25) is 5.28 Å². The van der Waals surface area contributed by atoms with Gasteiger partial charge in [0, 0.05) is 0 Å². The SMILES string of the molecule is [AlH2][CH2]C(Cl)Cl.[AlH3]. The molecule has 0 saturated heterocycles. The van der Waals surface area contributed by atoms with Crippen LogP contribution in [0.25, 0.3) is 0 Å². The maximum absolute atomic E-state index is 5.26. The third-order valence-electron chi connectivity index (χ3n) is 0.309. The van der Waals surface area contributed by atoms with Crippen molar-refractivity contribution >= 4 is 56.9 Å². The molecule has 0 rings (SSSR count). The Bertz CT molecular complexity index is 23.5. The summed E-state index contributed by atoms with van der Waals surface area (Å²) in [5.74, 6) is 0. The number of alkyl halides is 2. The first kappa shape index (κ1) is 10.6. The zero-order chi connectivity index (χ0) is 4.28. The van der Waals surface area contributed by atoms with Gasteiger partial charge in [0.2, 0.25) is 16.3 Å². The van der Waals surface area contributed by atoms with Gasteiger partial charge in [-0.15, -0.1) is 23.2 Å². The number of hydrogen-bond donors (Lipinski definition) is 0. The molecule has 0 aliphatic rings. The van der Waals surface area contributed by atoms with Gasteiger partial charge in [0.15, 0.2) is 17.4 Å². The van der Waals surface area contributed by atoms with E-state index in [9.17, 15) is 0 Å². The summed E-state index contributed by atoms with van der Waals surface area (Å²) in [5.41, 5.74) is 0. The average molecular weight is 157 g/mol. The van der Waals surface area contributed by atoms with Gasteiger partial charge in [0.25, 0.3) is 0 Å². The molecule has 0 bridgehead atoms. The molecule has 0 radical (unpaired) electrons. The lowest BCUT2D eigenvalue weighted by molar-refractivity contribution is 1.37. The van der Waals surface area contributed by atoms with Crippen molar-refractivity contribution < 1.29 is 0 Å². The molecule has 0 spiro atoms. The van der Waals surface area contributed by atoms with Crippen LogP contribution >= 0.6 is 23.2 Å². The summed E-state index contributed by atoms with van der Waals surface area (Å²) in [6, 6.07) is 0. The second-order valence-electron chi connectivity index (χ2n) is 0.799. The van der Waals surface area contributed by atoms with E-state index in [1.54, 1.807) is 0 Å². The molecular weight excluding hydrogens is 149 g/mol. The van der Waals surface area contributed by atoms with Gasteiger partial charge in [-0.25, -0.2) is 0 Å². The highest BCUT2D eigenvalue weighted by Gasteiger charge is 1.86. The molecule has 0 amide bonds. The number of halogens is 2. The van der Waals surface area contributed by atoms with Gasteiger partial charge in [-0.3, -0.25) is 0 Å². The van der Waals surface area contributed by atoms with Crippen LogP contribution < -0.4 is 0 Å². The average Bonchev–Trinajstić information content (AvgIpc) is 1.38. The minimum absolute atomic E-state index is 0. The highest BCUT2D eigenvalue weighted by Crippen LogP contribution is 2.02. The van der Waals surface area contributed by atoms with Crippen LogP contribution in [0.5, 0.6) is 0 Å². The van der Waals surface area contributed by atoms with Gasteiger partial charge in [-0.1, -0.05) is 5.28 Å². The number of rotatable bonds is 1. The van der Waals surface area contributed by atoms with Crippen molar-refractivity contribution in [3.8, 4) is 0 Å². The fraction of sp³-hybridized carbons (Fsp3) is 1.00. The van der Waals surface area contributed by atoms with Crippen molar-refractivity contribution in [3.05, 3.63) is 0 Å². The highest BCUT2D eigenvalue weighted by atomic mass is 35.5. The second-order valence-corrected chi connectivity index (χ2v) is 2.89. The Kier molecular flexibility index (Phi) is 11.7. The summed E-state index contributed by atoms with van der Waals surface area (Å²) >= 11 is 11.6. The van der Waals surface area contributed by atoms with Crippen LogP contribution in [0.15, 0.2) is 0 Å². The molecule has 0 N–H and O–H groups in total. The highest BCUT2D eigenvalue weighted by molar-refractivity contribution is 6.46. The monoisotopic (exact) mass is 156 g/mol. The summed E-state index contributed by atoms with van der Waals surface area (Å²) in [4.78, 5) is -0.110. The third kappa shape index (κ3) is 9.17. The lowest BCUT2D eigenvalue weighted by Gasteiger charge is -1.84. The molecule has 0 fully saturated rings. The molecule has 0 nitrogen and oxygen atoms in total. The predicted molar refractivity (Wildman–Crippen MR) is 38.8 cm³/mol.